The van der Waals surface area contributed by atoms with Crippen LogP contribution in [0.25, 0.3) is 0 Å². The highest BCUT2D eigenvalue weighted by atomic mass is 35.5. The number of rotatable bonds is 2. The predicted molar refractivity (Wildman–Crippen MR) is 91.3 cm³/mol. The summed E-state index contributed by atoms with van der Waals surface area (Å²) in [5, 5.41) is -0.222. The molecule has 0 amide bonds. The highest BCUT2D eigenvalue weighted by Crippen LogP contribution is 2.39. The van der Waals surface area contributed by atoms with Gasteiger partial charge >= 0.3 is 6.18 Å². The molecule has 26 heavy (non-hydrogen) atoms. The number of guanidine groups is 2. The number of benzene rings is 2. The Morgan fingerprint density at radius 3 is 2.42 bits per heavy atom. The van der Waals surface area contributed by atoms with Crippen molar-refractivity contribution in [3.63, 3.8) is 0 Å². The van der Waals surface area contributed by atoms with Crippen LogP contribution in [0.1, 0.15) is 17.3 Å². The molecule has 0 unspecified atom stereocenters. The molecule has 1 aliphatic rings. The standard InChI is InChI=1S/C16H12ClF4N5/c17-11-7-8(5-6-12(11)18)26-13(24-14(22)25-15(26)23)9-3-1-2-4-10(9)16(19,20)21/h1-7,13H,(H4,22,23,24,25)/t13-/m0/s1. The maximum atomic E-state index is 13.5. The molecular formula is C16H12ClF4N5. The van der Waals surface area contributed by atoms with Crippen LogP contribution in [0.5, 0.6) is 0 Å². The number of halogens is 5. The molecule has 1 aliphatic heterocycles. The van der Waals surface area contributed by atoms with Crippen molar-refractivity contribution < 1.29 is 17.6 Å². The molecule has 0 radical (unpaired) electrons. The average Bonchev–Trinajstić information content (AvgIpc) is 2.56. The fourth-order valence-corrected chi connectivity index (χ4v) is 2.78. The Morgan fingerprint density at radius 1 is 1.08 bits per heavy atom. The molecule has 0 aliphatic carbocycles. The Kier molecular flexibility index (Phi) is 4.49. The molecule has 1 heterocycles. The zero-order valence-corrected chi connectivity index (χ0v) is 13.8. The lowest BCUT2D eigenvalue weighted by molar-refractivity contribution is -0.138. The van der Waals surface area contributed by atoms with Crippen molar-refractivity contribution in [1.29, 1.82) is 0 Å². The van der Waals surface area contributed by atoms with Gasteiger partial charge in [-0.1, -0.05) is 29.8 Å². The van der Waals surface area contributed by atoms with E-state index in [4.69, 9.17) is 23.1 Å². The van der Waals surface area contributed by atoms with E-state index in [0.29, 0.717) is 0 Å². The third-order valence-electron chi connectivity index (χ3n) is 3.70. The van der Waals surface area contributed by atoms with Gasteiger partial charge in [0.15, 0.2) is 6.17 Å². The second-order valence-electron chi connectivity index (χ2n) is 5.38. The van der Waals surface area contributed by atoms with Gasteiger partial charge in [-0.05, 0) is 24.3 Å². The van der Waals surface area contributed by atoms with Crippen LogP contribution in [-0.4, -0.2) is 11.9 Å². The van der Waals surface area contributed by atoms with Crippen LogP contribution in [0.3, 0.4) is 0 Å². The van der Waals surface area contributed by atoms with E-state index in [1.54, 1.807) is 0 Å². The molecule has 5 nitrogen and oxygen atoms in total. The van der Waals surface area contributed by atoms with Crippen LogP contribution in [0, 0.1) is 5.82 Å². The van der Waals surface area contributed by atoms with Gasteiger partial charge in [-0.2, -0.15) is 18.2 Å². The molecule has 0 fully saturated rings. The molecule has 0 saturated heterocycles. The first-order valence-electron chi connectivity index (χ1n) is 7.26. The van der Waals surface area contributed by atoms with Gasteiger partial charge in [0.1, 0.15) is 5.82 Å². The van der Waals surface area contributed by atoms with Gasteiger partial charge < -0.3 is 11.5 Å². The van der Waals surface area contributed by atoms with Gasteiger partial charge in [-0.15, -0.1) is 0 Å². The summed E-state index contributed by atoms with van der Waals surface area (Å²) < 4.78 is 53.7. The minimum atomic E-state index is -4.61. The van der Waals surface area contributed by atoms with Gasteiger partial charge in [-0.3, -0.25) is 4.90 Å². The second kappa shape index (κ2) is 6.49. The van der Waals surface area contributed by atoms with Crippen LogP contribution in [-0.2, 0) is 6.18 Å². The summed E-state index contributed by atoms with van der Waals surface area (Å²) in [7, 11) is 0. The largest absolute Gasteiger partial charge is 0.416 e. The second-order valence-corrected chi connectivity index (χ2v) is 5.79. The lowest BCUT2D eigenvalue weighted by Crippen LogP contribution is -2.44. The van der Waals surface area contributed by atoms with Crippen molar-refractivity contribution in [1.82, 2.24) is 0 Å². The van der Waals surface area contributed by atoms with Gasteiger partial charge in [0.2, 0.25) is 11.9 Å². The maximum Gasteiger partial charge on any atom is 0.416 e. The first kappa shape index (κ1) is 18.0. The summed E-state index contributed by atoms with van der Waals surface area (Å²) in [6.45, 7) is 0. The summed E-state index contributed by atoms with van der Waals surface area (Å²) in [6, 6.07) is 8.50. The van der Waals surface area contributed by atoms with Crippen molar-refractivity contribution in [2.24, 2.45) is 21.5 Å². The molecule has 4 N–H and O–H groups in total. The summed E-state index contributed by atoms with van der Waals surface area (Å²) in [6.07, 6.45) is -5.86. The normalized spacial score (nSPS) is 17.7. The fraction of sp³-hybridized carbons (Fsp3) is 0.125. The van der Waals surface area contributed by atoms with Gasteiger partial charge in [0.05, 0.1) is 10.6 Å². The van der Waals surface area contributed by atoms with Crippen LogP contribution < -0.4 is 16.4 Å². The minimum Gasteiger partial charge on any atom is -0.369 e. The quantitative estimate of drug-likeness (QED) is 0.774. The Hall–Kier alpha value is -2.81. The van der Waals surface area contributed by atoms with Crippen LogP contribution in [0.2, 0.25) is 5.02 Å². The molecule has 0 spiro atoms. The number of anilines is 1. The third-order valence-corrected chi connectivity index (χ3v) is 3.99. The lowest BCUT2D eigenvalue weighted by Gasteiger charge is -2.34. The third kappa shape index (κ3) is 3.30. The molecule has 2 aromatic carbocycles. The maximum absolute atomic E-state index is 13.5. The zero-order valence-electron chi connectivity index (χ0n) is 13.0. The van der Waals surface area contributed by atoms with E-state index < -0.39 is 23.7 Å². The monoisotopic (exact) mass is 385 g/mol. The molecule has 0 saturated carbocycles. The molecule has 0 bridgehead atoms. The van der Waals surface area contributed by atoms with Crippen molar-refractivity contribution in [3.8, 4) is 0 Å². The average molecular weight is 386 g/mol. The van der Waals surface area contributed by atoms with Crippen LogP contribution in [0.15, 0.2) is 52.4 Å². The Labute approximate surface area is 150 Å². The number of hydrogen-bond donors (Lipinski definition) is 2. The summed E-state index contributed by atoms with van der Waals surface area (Å²) in [5.74, 6) is -1.14. The summed E-state index contributed by atoms with van der Waals surface area (Å²) >= 11 is 5.78. The number of hydrogen-bond acceptors (Lipinski definition) is 5. The molecule has 10 heteroatoms. The molecule has 136 valence electrons. The topological polar surface area (TPSA) is 80.0 Å². The highest BCUT2D eigenvalue weighted by Gasteiger charge is 2.38. The minimum absolute atomic E-state index is 0.179. The number of nitrogens with two attached hydrogens (primary N) is 2. The van der Waals surface area contributed by atoms with Gasteiger partial charge in [0.25, 0.3) is 0 Å². The van der Waals surface area contributed by atoms with Crippen LogP contribution in [0.4, 0.5) is 23.2 Å². The van der Waals surface area contributed by atoms with E-state index in [9.17, 15) is 17.6 Å². The highest BCUT2D eigenvalue weighted by molar-refractivity contribution is 6.31. The molecule has 0 aromatic heterocycles. The lowest BCUT2D eigenvalue weighted by atomic mass is 10.0. The van der Waals surface area contributed by atoms with E-state index in [0.717, 1.165) is 12.1 Å². The number of aliphatic imine (C=N–C) groups is 2. The first-order valence-corrected chi connectivity index (χ1v) is 7.64. The zero-order chi connectivity index (χ0) is 19.1. The SMILES string of the molecule is NC1=N[C@H](c2ccccc2C(F)(F)F)N(c2ccc(F)c(Cl)c2)C(N)=N1. The first-order chi connectivity index (χ1) is 12.2. The Bertz CT molecular complexity index is 910. The van der Waals surface area contributed by atoms with Crippen molar-refractivity contribution in [3.05, 3.63) is 64.4 Å². The Morgan fingerprint density at radius 2 is 1.77 bits per heavy atom. The smallest absolute Gasteiger partial charge is 0.369 e. The fourth-order valence-electron chi connectivity index (χ4n) is 2.61. The van der Waals surface area contributed by atoms with Crippen LogP contribution >= 0.6 is 11.6 Å². The molecular weight excluding hydrogens is 374 g/mol. The van der Waals surface area contributed by atoms with Gasteiger partial charge in [0, 0.05) is 11.3 Å². The van der Waals surface area contributed by atoms with Crippen molar-refractivity contribution in [2.75, 3.05) is 4.90 Å². The number of nitrogens with zero attached hydrogens (tertiary/aromatic N) is 3. The number of alkyl halides is 3. The molecule has 2 aromatic rings. The molecule has 3 rings (SSSR count). The predicted octanol–water partition coefficient (Wildman–Crippen LogP) is 3.65. The van der Waals surface area contributed by atoms with E-state index in [2.05, 4.69) is 9.98 Å². The van der Waals surface area contributed by atoms with E-state index >= 15 is 0 Å². The van der Waals surface area contributed by atoms with E-state index in [1.807, 2.05) is 0 Å². The summed E-state index contributed by atoms with van der Waals surface area (Å²) in [5.41, 5.74) is 10.6. The summed E-state index contributed by atoms with van der Waals surface area (Å²) in [4.78, 5) is 8.99. The van der Waals surface area contributed by atoms with Crippen molar-refractivity contribution in [2.45, 2.75) is 12.3 Å². The molecule has 1 atom stereocenters. The Balaban J connectivity index is 2.18. The van der Waals surface area contributed by atoms with E-state index in [1.165, 1.54) is 35.2 Å². The van der Waals surface area contributed by atoms with E-state index in [-0.39, 0.29) is 28.2 Å². The van der Waals surface area contributed by atoms with Crippen molar-refractivity contribution >= 4 is 29.2 Å². The van der Waals surface area contributed by atoms with Gasteiger partial charge in [-0.25, -0.2) is 9.38 Å².